The third-order valence-corrected chi connectivity index (χ3v) is 10.2. The van der Waals surface area contributed by atoms with E-state index in [9.17, 15) is 0 Å². The van der Waals surface area contributed by atoms with Crippen molar-refractivity contribution in [3.05, 3.63) is 39.7 Å². The molecule has 0 aliphatic rings. The van der Waals surface area contributed by atoms with Crippen LogP contribution in [0.4, 0.5) is 0 Å². The Kier molecular flexibility index (Phi) is 5.98. The summed E-state index contributed by atoms with van der Waals surface area (Å²) in [6.45, 7) is 13.5. The van der Waals surface area contributed by atoms with Gasteiger partial charge in [0.2, 0.25) is 0 Å². The summed E-state index contributed by atoms with van der Waals surface area (Å²) in [6.07, 6.45) is 3.17. The maximum atomic E-state index is 6.73. The largest absolute Gasteiger partial charge is 0.410 e. The molecule has 0 fully saturated rings. The zero-order chi connectivity index (χ0) is 18.1. The molecule has 5 heteroatoms. The Bertz CT molecular complexity index is 744. The first-order valence-corrected chi connectivity index (χ1v) is 12.6. The first-order valence-electron chi connectivity index (χ1n) is 8.43. The number of hydrogen-bond acceptors (Lipinski definition) is 2. The summed E-state index contributed by atoms with van der Waals surface area (Å²) in [5, 5.41) is 0.199. The zero-order valence-corrected chi connectivity index (χ0v) is 19.0. The Labute approximate surface area is 160 Å². The van der Waals surface area contributed by atoms with Crippen molar-refractivity contribution in [2.75, 3.05) is 0 Å². The lowest BCUT2D eigenvalue weighted by Gasteiger charge is -2.39. The lowest BCUT2D eigenvalue weighted by molar-refractivity contribution is 0.187. The van der Waals surface area contributed by atoms with Crippen LogP contribution < -0.4 is 0 Å². The van der Waals surface area contributed by atoms with Crippen LogP contribution in [-0.2, 0) is 11.5 Å². The molecular formula is C19H29IN2OSi. The molecule has 24 heavy (non-hydrogen) atoms. The highest BCUT2D eigenvalue weighted by molar-refractivity contribution is 14.1. The maximum Gasteiger partial charge on any atom is 0.192 e. The average molecular weight is 456 g/mol. The molecule has 3 nitrogen and oxygen atoms in total. The van der Waals surface area contributed by atoms with Crippen molar-refractivity contribution < 1.29 is 4.43 Å². The first-order chi connectivity index (χ1) is 11.1. The molecule has 0 aliphatic carbocycles. The van der Waals surface area contributed by atoms with Gasteiger partial charge in [0.25, 0.3) is 0 Å². The van der Waals surface area contributed by atoms with E-state index in [2.05, 4.69) is 101 Å². The fourth-order valence-corrected chi connectivity index (χ4v) is 4.09. The molecule has 132 valence electrons. The molecule has 1 aromatic heterocycles. The number of rotatable bonds is 5. The van der Waals surface area contributed by atoms with Crippen LogP contribution in [0.5, 0.6) is 0 Å². The highest BCUT2D eigenvalue weighted by Gasteiger charge is 2.39. The van der Waals surface area contributed by atoms with Crippen LogP contribution in [0.3, 0.4) is 0 Å². The number of nitrogens with zero attached hydrogens (tertiary/aromatic N) is 2. The smallest absolute Gasteiger partial charge is 0.192 e. The van der Waals surface area contributed by atoms with Gasteiger partial charge in [0.15, 0.2) is 8.32 Å². The molecule has 0 amide bonds. The van der Waals surface area contributed by atoms with Gasteiger partial charge in [-0.25, -0.2) is 4.98 Å². The summed E-state index contributed by atoms with van der Waals surface area (Å²) < 4.78 is 10.9. The van der Waals surface area contributed by atoms with Crippen LogP contribution >= 0.6 is 22.6 Å². The Morgan fingerprint density at radius 3 is 2.58 bits per heavy atom. The fraction of sp³-hybridized carbons (Fsp3) is 0.526. The molecule has 0 radical (unpaired) electrons. The van der Waals surface area contributed by atoms with Crippen molar-refractivity contribution >= 4 is 41.9 Å². The molecule has 0 unspecified atom stereocenters. The summed E-state index contributed by atoms with van der Waals surface area (Å²) in [5.41, 5.74) is 3.45. The summed E-state index contributed by atoms with van der Waals surface area (Å²) in [6, 6.07) is 6.56. The summed E-state index contributed by atoms with van der Waals surface area (Å²) in [5.74, 6) is 1.04. The Hall–Kier alpha value is -0.663. The third kappa shape index (κ3) is 4.11. The topological polar surface area (TPSA) is 27.1 Å². The predicted molar refractivity (Wildman–Crippen MR) is 114 cm³/mol. The van der Waals surface area contributed by atoms with Crippen LogP contribution in [0.25, 0.3) is 11.0 Å². The van der Waals surface area contributed by atoms with E-state index in [0.717, 1.165) is 17.8 Å². The predicted octanol–water partition coefficient (Wildman–Crippen LogP) is 6.28. The first kappa shape index (κ1) is 19.7. The Morgan fingerprint density at radius 2 is 2.00 bits per heavy atom. The molecule has 1 atom stereocenters. The van der Waals surface area contributed by atoms with Crippen molar-refractivity contribution in [1.29, 1.82) is 0 Å². The van der Waals surface area contributed by atoms with Gasteiger partial charge in [-0.15, -0.1) is 0 Å². The minimum absolute atomic E-state index is 0.0867. The van der Waals surface area contributed by atoms with Gasteiger partial charge in [-0.05, 0) is 53.3 Å². The maximum absolute atomic E-state index is 6.73. The highest BCUT2D eigenvalue weighted by atomic mass is 127. The second-order valence-electron chi connectivity index (χ2n) is 7.93. The minimum atomic E-state index is -1.84. The van der Waals surface area contributed by atoms with Gasteiger partial charge >= 0.3 is 0 Å². The monoisotopic (exact) mass is 456 g/mol. The molecule has 1 heterocycles. The second-order valence-corrected chi connectivity index (χ2v) is 13.4. The van der Waals surface area contributed by atoms with Gasteiger partial charge < -0.3 is 8.99 Å². The van der Waals surface area contributed by atoms with Gasteiger partial charge in [-0.2, -0.15) is 0 Å². The average Bonchev–Trinajstić information content (AvgIpc) is 2.76. The van der Waals surface area contributed by atoms with Crippen LogP contribution in [0.1, 0.15) is 44.7 Å². The minimum Gasteiger partial charge on any atom is -0.410 e. The van der Waals surface area contributed by atoms with E-state index < -0.39 is 8.32 Å². The SMILES string of the molecule is Cc1nc2cc([C@H](CC=CI)O[Si](C)(C)C(C)(C)C)ccc2n1C. The number of aryl methyl sites for hydroxylation is 2. The molecule has 0 N–H and O–H groups in total. The van der Waals surface area contributed by atoms with E-state index in [0.29, 0.717) is 0 Å². The number of imidazole rings is 1. The van der Waals surface area contributed by atoms with Crippen molar-refractivity contribution in [3.63, 3.8) is 0 Å². The number of benzene rings is 1. The lowest BCUT2D eigenvalue weighted by atomic mass is 10.1. The van der Waals surface area contributed by atoms with Gasteiger partial charge in [-0.3, -0.25) is 0 Å². The molecule has 0 saturated carbocycles. The zero-order valence-electron chi connectivity index (χ0n) is 15.9. The van der Waals surface area contributed by atoms with E-state index in [1.54, 1.807) is 0 Å². The van der Waals surface area contributed by atoms with E-state index in [-0.39, 0.29) is 11.1 Å². The standard InChI is InChI=1S/C19H29IN2OSi/c1-14-21-16-13-15(10-11-17(16)22(14)5)18(9-8-12-20)23-24(6,7)19(2,3)4/h8,10-13,18H,9H2,1-7H3/t18-/m0/s1. The summed E-state index contributed by atoms with van der Waals surface area (Å²) in [7, 11) is 0.226. The molecule has 0 spiro atoms. The lowest BCUT2D eigenvalue weighted by Crippen LogP contribution is -2.41. The van der Waals surface area contributed by atoms with Crippen molar-refractivity contribution in [3.8, 4) is 0 Å². The molecule has 2 aromatic rings. The van der Waals surface area contributed by atoms with Gasteiger partial charge in [-0.1, -0.05) is 55.5 Å². The van der Waals surface area contributed by atoms with Crippen LogP contribution in [0.15, 0.2) is 28.4 Å². The van der Waals surface area contributed by atoms with Crippen LogP contribution in [-0.4, -0.2) is 17.9 Å². The number of hydrogen-bond donors (Lipinski definition) is 0. The number of aromatic nitrogens is 2. The van der Waals surface area contributed by atoms with Gasteiger partial charge in [0, 0.05) is 7.05 Å². The summed E-state index contributed by atoms with van der Waals surface area (Å²) in [4.78, 5) is 4.68. The Morgan fingerprint density at radius 1 is 1.33 bits per heavy atom. The third-order valence-electron chi connectivity index (χ3n) is 5.18. The number of halogens is 1. The molecular weight excluding hydrogens is 427 g/mol. The van der Waals surface area contributed by atoms with Gasteiger partial charge in [0.05, 0.1) is 17.1 Å². The normalized spacial score (nSPS) is 14.7. The molecule has 0 aliphatic heterocycles. The van der Waals surface area contributed by atoms with E-state index in [1.165, 1.54) is 11.1 Å². The molecule has 1 aromatic carbocycles. The molecule has 2 rings (SSSR count). The molecule has 0 bridgehead atoms. The van der Waals surface area contributed by atoms with E-state index in [4.69, 9.17) is 4.43 Å². The van der Waals surface area contributed by atoms with Crippen molar-refractivity contribution in [2.45, 2.75) is 58.4 Å². The van der Waals surface area contributed by atoms with Gasteiger partial charge in [0.1, 0.15) is 5.82 Å². The molecule has 0 saturated heterocycles. The van der Waals surface area contributed by atoms with Crippen LogP contribution in [0.2, 0.25) is 18.1 Å². The fourth-order valence-electron chi connectivity index (χ4n) is 2.50. The Balaban J connectivity index is 2.40. The highest BCUT2D eigenvalue weighted by Crippen LogP contribution is 2.41. The van der Waals surface area contributed by atoms with E-state index >= 15 is 0 Å². The van der Waals surface area contributed by atoms with Crippen molar-refractivity contribution in [1.82, 2.24) is 9.55 Å². The van der Waals surface area contributed by atoms with E-state index in [1.807, 2.05) is 6.92 Å². The van der Waals surface area contributed by atoms with Crippen molar-refractivity contribution in [2.24, 2.45) is 7.05 Å². The number of fused-ring (bicyclic) bond motifs is 1. The second kappa shape index (κ2) is 7.29. The van der Waals surface area contributed by atoms with Crippen LogP contribution in [0, 0.1) is 6.92 Å². The quantitative estimate of drug-likeness (QED) is 0.391. The summed E-state index contributed by atoms with van der Waals surface area (Å²) >= 11 is 2.27.